The number of nitrogens with zero attached hydrogens (tertiary/aromatic N) is 1. The molecule has 4 aromatic carbocycles. The molecule has 1 unspecified atom stereocenters. The molecule has 0 spiro atoms. The Labute approximate surface area is 194 Å². The number of hydrogen-bond donors (Lipinski definition) is 3. The van der Waals surface area contributed by atoms with Crippen LogP contribution in [0.25, 0.3) is 21.9 Å². The van der Waals surface area contributed by atoms with Crippen LogP contribution in [-0.4, -0.2) is 33.1 Å². The van der Waals surface area contributed by atoms with E-state index in [9.17, 15) is 29.9 Å². The molecule has 4 aromatic rings. The van der Waals surface area contributed by atoms with Crippen LogP contribution in [0.3, 0.4) is 0 Å². The van der Waals surface area contributed by atoms with Gasteiger partial charge in [0.25, 0.3) is 11.6 Å². The molecule has 0 aliphatic rings. The lowest BCUT2D eigenvalue weighted by Crippen LogP contribution is -2.42. The zero-order valence-electron chi connectivity index (χ0n) is 17.8. The molecule has 34 heavy (non-hydrogen) atoms. The number of phenolic OH excluding ortho intramolecular Hbond substituents is 1. The van der Waals surface area contributed by atoms with Gasteiger partial charge in [0.05, 0.1) is 16.1 Å². The molecule has 8 nitrogen and oxygen atoms in total. The second-order valence-corrected chi connectivity index (χ2v) is 7.76. The number of amides is 1. The van der Waals surface area contributed by atoms with Crippen LogP contribution in [0.4, 0.5) is 5.69 Å². The molecule has 1 atom stereocenters. The predicted octanol–water partition coefficient (Wildman–Crippen LogP) is 4.55. The molecule has 4 rings (SSSR count). The highest BCUT2D eigenvalue weighted by atomic mass is 16.6. The van der Waals surface area contributed by atoms with E-state index in [1.807, 2.05) is 0 Å². The second-order valence-electron chi connectivity index (χ2n) is 7.76. The van der Waals surface area contributed by atoms with Crippen molar-refractivity contribution in [3.63, 3.8) is 0 Å². The number of carboxylic acid groups (broad SMARTS) is 1. The Hall–Kier alpha value is -4.72. The Morgan fingerprint density at radius 3 is 2.21 bits per heavy atom. The molecule has 1 amide bonds. The molecule has 0 radical (unpaired) electrons. The van der Waals surface area contributed by atoms with Crippen LogP contribution in [0.5, 0.6) is 5.75 Å². The van der Waals surface area contributed by atoms with Gasteiger partial charge < -0.3 is 15.5 Å². The minimum Gasteiger partial charge on any atom is -0.507 e. The predicted molar refractivity (Wildman–Crippen MR) is 127 cm³/mol. The SMILES string of the molecule is O=C(NC(Cc1ccc(-c2ccccc2)c([N+](=O)[O-])c1)C(=O)O)c1cc2ccccc2cc1O. The van der Waals surface area contributed by atoms with E-state index in [0.717, 1.165) is 5.39 Å². The van der Waals surface area contributed by atoms with Gasteiger partial charge in [-0.15, -0.1) is 0 Å². The summed E-state index contributed by atoms with van der Waals surface area (Å²) in [6, 6.07) is 22.0. The van der Waals surface area contributed by atoms with Crippen LogP contribution in [0, 0.1) is 10.1 Å². The van der Waals surface area contributed by atoms with Crippen molar-refractivity contribution in [3.8, 4) is 16.9 Å². The van der Waals surface area contributed by atoms with Gasteiger partial charge >= 0.3 is 5.97 Å². The minimum absolute atomic E-state index is 0.0599. The number of carbonyl (C=O) groups is 2. The summed E-state index contributed by atoms with van der Waals surface area (Å²) in [4.78, 5) is 35.8. The lowest BCUT2D eigenvalue weighted by Gasteiger charge is -2.16. The first-order valence-corrected chi connectivity index (χ1v) is 10.4. The molecule has 3 N–H and O–H groups in total. The number of carbonyl (C=O) groups excluding carboxylic acids is 1. The molecule has 0 aromatic heterocycles. The van der Waals surface area contributed by atoms with Crippen molar-refractivity contribution in [1.82, 2.24) is 5.32 Å². The van der Waals surface area contributed by atoms with Crippen LogP contribution >= 0.6 is 0 Å². The third-order valence-electron chi connectivity index (χ3n) is 5.50. The highest BCUT2D eigenvalue weighted by Gasteiger charge is 2.25. The van der Waals surface area contributed by atoms with E-state index in [0.29, 0.717) is 22.1 Å². The van der Waals surface area contributed by atoms with Gasteiger partial charge in [-0.3, -0.25) is 14.9 Å². The maximum atomic E-state index is 12.8. The third kappa shape index (κ3) is 4.71. The van der Waals surface area contributed by atoms with Gasteiger partial charge in [0.15, 0.2) is 0 Å². The molecule has 0 aliphatic heterocycles. The summed E-state index contributed by atoms with van der Waals surface area (Å²) >= 11 is 0. The highest BCUT2D eigenvalue weighted by molar-refractivity contribution is 6.02. The minimum atomic E-state index is -1.36. The first-order valence-electron chi connectivity index (χ1n) is 10.4. The number of phenols is 1. The molecule has 0 fully saturated rings. The summed E-state index contributed by atoms with van der Waals surface area (Å²) in [6.07, 6.45) is -0.175. The van der Waals surface area contributed by atoms with E-state index in [4.69, 9.17) is 0 Å². The number of carboxylic acids is 1. The summed E-state index contributed by atoms with van der Waals surface area (Å²) in [7, 11) is 0. The number of fused-ring (bicyclic) bond motifs is 1. The van der Waals surface area contributed by atoms with Gasteiger partial charge in [0.1, 0.15) is 11.8 Å². The first kappa shape index (κ1) is 22.5. The van der Waals surface area contributed by atoms with E-state index < -0.39 is 22.8 Å². The summed E-state index contributed by atoms with van der Waals surface area (Å²) in [6.45, 7) is 0. The number of nitrogens with one attached hydrogen (secondary N) is 1. The van der Waals surface area contributed by atoms with Crippen molar-refractivity contribution in [2.75, 3.05) is 0 Å². The van der Waals surface area contributed by atoms with Gasteiger partial charge in [-0.2, -0.15) is 0 Å². The normalized spacial score (nSPS) is 11.6. The van der Waals surface area contributed by atoms with Crippen LogP contribution in [0.1, 0.15) is 15.9 Å². The van der Waals surface area contributed by atoms with E-state index in [1.165, 1.54) is 18.2 Å². The van der Waals surface area contributed by atoms with E-state index in [2.05, 4.69) is 5.32 Å². The van der Waals surface area contributed by atoms with Crippen molar-refractivity contribution in [2.45, 2.75) is 12.5 Å². The summed E-state index contributed by atoms with van der Waals surface area (Å²) < 4.78 is 0. The topological polar surface area (TPSA) is 130 Å². The van der Waals surface area contributed by atoms with Crippen molar-refractivity contribution in [3.05, 3.63) is 106 Å². The van der Waals surface area contributed by atoms with Crippen molar-refractivity contribution in [1.29, 1.82) is 0 Å². The number of aromatic hydroxyl groups is 1. The first-order chi connectivity index (χ1) is 16.3. The van der Waals surface area contributed by atoms with Crippen LogP contribution < -0.4 is 5.32 Å². The molecular weight excluding hydrogens is 436 g/mol. The van der Waals surface area contributed by atoms with E-state index in [-0.39, 0.29) is 23.4 Å². The van der Waals surface area contributed by atoms with E-state index >= 15 is 0 Å². The fraction of sp³-hybridized carbons (Fsp3) is 0.0769. The van der Waals surface area contributed by atoms with Gasteiger partial charge in [0.2, 0.25) is 0 Å². The van der Waals surface area contributed by atoms with Crippen molar-refractivity contribution >= 4 is 28.3 Å². The Bertz CT molecular complexity index is 1400. The Balaban J connectivity index is 1.60. The molecule has 0 saturated carbocycles. The van der Waals surface area contributed by atoms with Gasteiger partial charge in [-0.1, -0.05) is 60.7 Å². The van der Waals surface area contributed by atoms with Crippen LogP contribution in [0.15, 0.2) is 84.9 Å². The smallest absolute Gasteiger partial charge is 0.326 e. The summed E-state index contributed by atoms with van der Waals surface area (Å²) in [5.74, 6) is -2.34. The quantitative estimate of drug-likeness (QED) is 0.276. The maximum absolute atomic E-state index is 12.8. The standard InChI is InChI=1S/C26H20N2O6/c29-24-15-19-9-5-4-8-18(19)14-21(24)25(30)27-22(26(31)32)12-16-10-11-20(23(13-16)28(33)34)17-6-2-1-3-7-17/h1-11,13-15,22,29H,12H2,(H,27,30)(H,31,32). The van der Waals surface area contributed by atoms with Gasteiger partial charge in [-0.05, 0) is 40.1 Å². The Morgan fingerprint density at radius 2 is 1.56 bits per heavy atom. The Kier molecular flexibility index (Phi) is 6.22. The molecule has 0 heterocycles. The average Bonchev–Trinajstić information content (AvgIpc) is 2.83. The number of rotatable bonds is 7. The number of hydrogen-bond acceptors (Lipinski definition) is 5. The van der Waals surface area contributed by atoms with Crippen LogP contribution in [0.2, 0.25) is 0 Å². The summed E-state index contributed by atoms with van der Waals surface area (Å²) in [5, 5.41) is 35.5. The monoisotopic (exact) mass is 456 g/mol. The van der Waals surface area contributed by atoms with E-state index in [1.54, 1.807) is 66.7 Å². The van der Waals surface area contributed by atoms with Gasteiger partial charge in [0, 0.05) is 12.5 Å². The molecule has 0 bridgehead atoms. The van der Waals surface area contributed by atoms with Crippen molar-refractivity contribution < 1.29 is 24.7 Å². The fourth-order valence-corrected chi connectivity index (χ4v) is 3.80. The van der Waals surface area contributed by atoms with Crippen molar-refractivity contribution in [2.24, 2.45) is 0 Å². The Morgan fingerprint density at radius 1 is 0.912 bits per heavy atom. The number of aliphatic carboxylic acids is 1. The molecule has 0 aliphatic carbocycles. The number of nitro benzene ring substituents is 1. The fourth-order valence-electron chi connectivity index (χ4n) is 3.80. The summed E-state index contributed by atoms with van der Waals surface area (Å²) in [5.41, 5.74) is 1.23. The molecule has 0 saturated heterocycles. The second kappa shape index (κ2) is 9.41. The molecule has 8 heteroatoms. The zero-order chi connectivity index (χ0) is 24.2. The third-order valence-corrected chi connectivity index (χ3v) is 5.50. The lowest BCUT2D eigenvalue weighted by molar-refractivity contribution is -0.384. The van der Waals surface area contributed by atoms with Crippen LogP contribution in [-0.2, 0) is 11.2 Å². The molecule has 170 valence electrons. The molecular formula is C26H20N2O6. The lowest BCUT2D eigenvalue weighted by atomic mass is 9.98. The largest absolute Gasteiger partial charge is 0.507 e. The average molecular weight is 456 g/mol. The number of nitro groups is 1. The van der Waals surface area contributed by atoms with Gasteiger partial charge in [-0.25, -0.2) is 4.79 Å². The highest BCUT2D eigenvalue weighted by Crippen LogP contribution is 2.31. The zero-order valence-corrected chi connectivity index (χ0v) is 17.8. The number of benzene rings is 4. The maximum Gasteiger partial charge on any atom is 0.326 e.